The van der Waals surface area contributed by atoms with Gasteiger partial charge in [-0.3, -0.25) is 0 Å². The maximum atomic E-state index is 2.69. The molecule has 0 N–H and O–H groups in total. The van der Waals surface area contributed by atoms with E-state index in [1.165, 1.54) is 77.0 Å². The van der Waals surface area contributed by atoms with Gasteiger partial charge in [0.25, 0.3) is 0 Å². The summed E-state index contributed by atoms with van der Waals surface area (Å²) >= 11 is 0. The Morgan fingerprint density at radius 1 is 0.514 bits per heavy atom. The molecule has 0 atom stereocenters. The Kier molecular flexibility index (Phi) is 13.4. The minimum Gasteiger partial charge on any atom is -0.748 e. The molecule has 0 aromatic heterocycles. The van der Waals surface area contributed by atoms with Crippen molar-refractivity contribution in [3.8, 4) is 0 Å². The minimum absolute atomic E-state index is 0. The first kappa shape index (κ1) is 30.1. The molecule has 37 heavy (non-hydrogen) atoms. The Bertz CT molecular complexity index is 710. The topological polar surface area (TPSA) is 0 Å². The summed E-state index contributed by atoms with van der Waals surface area (Å²) in [6, 6.07) is 17.9. The number of rotatable bonds is 6. The average Bonchev–Trinajstić information content (AvgIpc) is 3.68. The minimum atomic E-state index is 0. The van der Waals surface area contributed by atoms with Gasteiger partial charge in [-0.1, -0.05) is 85.0 Å². The first-order chi connectivity index (χ1) is 17.9. The summed E-state index contributed by atoms with van der Waals surface area (Å²) in [5, 5.41) is 3.94. The van der Waals surface area contributed by atoms with Crippen LogP contribution in [0.3, 0.4) is 0 Å². The maximum absolute atomic E-state index is 2.69. The molecule has 0 bridgehead atoms. The van der Waals surface area contributed by atoms with E-state index in [2.05, 4.69) is 18.2 Å². The predicted octanol–water partition coefficient (Wildman–Crippen LogP) is 10.4. The molecule has 6 rings (SSSR count). The third-order valence-electron chi connectivity index (χ3n) is 9.75. The third kappa shape index (κ3) is 8.34. The fourth-order valence-corrected chi connectivity index (χ4v) is 16.3. The SMILES string of the molecule is [Ru].[cH-]1[cH-][cH-][cH-][cH-]1.c1cc(P(C2CCCCC2)C2CCCCC2)[c-](P(C2CCCCC2)C2CCCCC2)c1. The Morgan fingerprint density at radius 3 is 1.24 bits per heavy atom. The smallest absolute Gasteiger partial charge is 0 e. The van der Waals surface area contributed by atoms with E-state index < -0.39 is 0 Å². The summed E-state index contributed by atoms with van der Waals surface area (Å²) < 4.78 is 0. The van der Waals surface area contributed by atoms with Crippen LogP contribution in [0.2, 0.25) is 0 Å². The summed E-state index contributed by atoms with van der Waals surface area (Å²) in [4.78, 5) is 0. The van der Waals surface area contributed by atoms with Crippen molar-refractivity contribution in [2.75, 3.05) is 0 Å². The van der Waals surface area contributed by atoms with Crippen molar-refractivity contribution in [1.29, 1.82) is 0 Å². The van der Waals surface area contributed by atoms with Crippen LogP contribution in [0.25, 0.3) is 0 Å². The van der Waals surface area contributed by atoms with Gasteiger partial charge in [-0.15, -0.1) is 18.5 Å². The molecular formula is C34H52P2Ru-6. The van der Waals surface area contributed by atoms with Crippen molar-refractivity contribution >= 4 is 26.5 Å². The van der Waals surface area contributed by atoms with E-state index in [0.717, 1.165) is 22.6 Å². The molecular weight excluding hydrogens is 571 g/mol. The van der Waals surface area contributed by atoms with Crippen LogP contribution in [-0.4, -0.2) is 22.6 Å². The zero-order chi connectivity index (χ0) is 24.4. The molecule has 0 radical (unpaired) electrons. The largest absolute Gasteiger partial charge is 0.748 e. The van der Waals surface area contributed by atoms with Crippen molar-refractivity contribution in [3.05, 3.63) is 48.5 Å². The molecule has 3 heteroatoms. The van der Waals surface area contributed by atoms with Gasteiger partial charge in [0.1, 0.15) is 0 Å². The molecule has 0 nitrogen and oxygen atoms in total. The van der Waals surface area contributed by atoms with Gasteiger partial charge >= 0.3 is 0 Å². The molecule has 0 amide bonds. The maximum Gasteiger partial charge on any atom is 0 e. The molecule has 4 saturated carbocycles. The predicted molar refractivity (Wildman–Crippen MR) is 165 cm³/mol. The Hall–Kier alpha value is 0.183. The normalized spacial score (nSPS) is 23.0. The van der Waals surface area contributed by atoms with E-state index in [4.69, 9.17) is 0 Å². The molecule has 2 aromatic carbocycles. The van der Waals surface area contributed by atoms with Crippen LogP contribution >= 0.6 is 15.8 Å². The van der Waals surface area contributed by atoms with Crippen LogP contribution in [0.5, 0.6) is 0 Å². The molecule has 4 fully saturated rings. The van der Waals surface area contributed by atoms with Gasteiger partial charge in [0, 0.05) is 19.5 Å². The zero-order valence-corrected chi connectivity index (χ0v) is 26.8. The Labute approximate surface area is 244 Å². The van der Waals surface area contributed by atoms with E-state index in [9.17, 15) is 0 Å². The molecule has 0 heterocycles. The standard InChI is InChI=1S/C29H47P2.C5H5.Ru/c1-5-14-24(15-6-1)30(25-16-7-2-8-17-25)28-22-13-23-29(28)31(26-18-9-3-10-19-26)27-20-11-4-12-21-27;1-2-4-5-3-1;/h13,22-27H,1-12,14-21H2;1-5H;/q-1;-5;. The zero-order valence-electron chi connectivity index (χ0n) is 23.3. The monoisotopic (exact) mass is 624 g/mol. The molecule has 0 saturated heterocycles. The third-order valence-corrected chi connectivity index (χ3v) is 17.0. The summed E-state index contributed by atoms with van der Waals surface area (Å²) in [6.45, 7) is 0. The van der Waals surface area contributed by atoms with Crippen molar-refractivity contribution in [2.24, 2.45) is 0 Å². The summed E-state index contributed by atoms with van der Waals surface area (Å²) in [6.07, 6.45) is 30.6. The van der Waals surface area contributed by atoms with Crippen LogP contribution in [0.15, 0.2) is 48.5 Å². The van der Waals surface area contributed by atoms with Crippen LogP contribution < -0.4 is 10.6 Å². The fraction of sp³-hybridized carbons (Fsp3) is 0.706. The molecule has 212 valence electrons. The quantitative estimate of drug-likeness (QED) is 0.171. The second-order valence-corrected chi connectivity index (χ2v) is 17.8. The van der Waals surface area contributed by atoms with Crippen molar-refractivity contribution < 1.29 is 19.5 Å². The van der Waals surface area contributed by atoms with Gasteiger partial charge in [-0.05, 0) is 74.0 Å². The van der Waals surface area contributed by atoms with Crippen LogP contribution in [0.1, 0.15) is 128 Å². The average molecular weight is 624 g/mol. The van der Waals surface area contributed by atoms with Gasteiger partial charge in [0.05, 0.1) is 0 Å². The van der Waals surface area contributed by atoms with Crippen molar-refractivity contribution in [2.45, 2.75) is 151 Å². The summed E-state index contributed by atoms with van der Waals surface area (Å²) in [7, 11) is 0.132. The summed E-state index contributed by atoms with van der Waals surface area (Å²) in [5.41, 5.74) is 4.23. The van der Waals surface area contributed by atoms with E-state index in [0.29, 0.717) is 0 Å². The fourth-order valence-electron chi connectivity index (χ4n) is 7.98. The summed E-state index contributed by atoms with van der Waals surface area (Å²) in [5.74, 6) is 0. The second kappa shape index (κ2) is 16.4. The van der Waals surface area contributed by atoms with Gasteiger partial charge in [-0.25, -0.2) is 12.1 Å². The van der Waals surface area contributed by atoms with Gasteiger partial charge in [-0.2, -0.15) is 6.07 Å². The molecule has 4 aliphatic carbocycles. The van der Waals surface area contributed by atoms with Crippen LogP contribution in [0, 0.1) is 0 Å². The first-order valence-corrected chi connectivity index (χ1v) is 18.9. The molecule has 4 aliphatic rings. The van der Waals surface area contributed by atoms with E-state index in [1.54, 1.807) is 51.4 Å². The first-order valence-electron chi connectivity index (χ1n) is 15.9. The molecule has 0 spiro atoms. The van der Waals surface area contributed by atoms with Crippen molar-refractivity contribution in [3.63, 3.8) is 0 Å². The molecule has 2 aromatic rings. The Morgan fingerprint density at radius 2 is 0.865 bits per heavy atom. The van der Waals surface area contributed by atoms with Crippen LogP contribution in [0.4, 0.5) is 0 Å². The van der Waals surface area contributed by atoms with E-state index in [-0.39, 0.29) is 35.3 Å². The second-order valence-electron chi connectivity index (χ2n) is 12.2. The van der Waals surface area contributed by atoms with Gasteiger partial charge in [0.2, 0.25) is 0 Å². The van der Waals surface area contributed by atoms with E-state index >= 15 is 0 Å². The number of hydrogen-bond donors (Lipinski definition) is 0. The van der Waals surface area contributed by atoms with Crippen LogP contribution in [-0.2, 0) is 19.5 Å². The Balaban J connectivity index is 0.000000479. The van der Waals surface area contributed by atoms with E-state index in [1.807, 2.05) is 40.9 Å². The van der Waals surface area contributed by atoms with Gasteiger partial charge < -0.3 is 30.3 Å². The number of hydrogen-bond acceptors (Lipinski definition) is 0. The van der Waals surface area contributed by atoms with Gasteiger partial charge in [0.15, 0.2) is 0 Å². The molecule has 0 unspecified atom stereocenters. The van der Waals surface area contributed by atoms with Crippen molar-refractivity contribution in [1.82, 2.24) is 0 Å². The molecule has 0 aliphatic heterocycles.